The lowest BCUT2D eigenvalue weighted by atomic mass is 10.1. The number of amides is 2. The van der Waals surface area contributed by atoms with Gasteiger partial charge in [0.25, 0.3) is 0 Å². The van der Waals surface area contributed by atoms with Gasteiger partial charge >= 0.3 is 0 Å². The zero-order valence-electron chi connectivity index (χ0n) is 14.8. The van der Waals surface area contributed by atoms with Gasteiger partial charge in [0.15, 0.2) is 0 Å². The number of benzene rings is 1. The minimum Gasteiger partial charge on any atom is -0.350 e. The SMILES string of the molecule is CCc1ccc(CNC(=O)CCC(=O)Nc2cccc(CC)c2)nc1. The van der Waals surface area contributed by atoms with Gasteiger partial charge in [0.05, 0.1) is 12.2 Å². The number of rotatable bonds is 8. The summed E-state index contributed by atoms with van der Waals surface area (Å²) in [6.45, 7) is 4.51. The van der Waals surface area contributed by atoms with Gasteiger partial charge < -0.3 is 10.6 Å². The van der Waals surface area contributed by atoms with Gasteiger partial charge in [0, 0.05) is 24.7 Å². The Balaban J connectivity index is 1.72. The Hall–Kier alpha value is -2.69. The van der Waals surface area contributed by atoms with Crippen LogP contribution in [0.4, 0.5) is 5.69 Å². The summed E-state index contributed by atoms with van der Waals surface area (Å²) in [7, 11) is 0. The fourth-order valence-corrected chi connectivity index (χ4v) is 2.37. The molecule has 0 saturated carbocycles. The largest absolute Gasteiger partial charge is 0.350 e. The van der Waals surface area contributed by atoms with E-state index in [1.807, 2.05) is 42.6 Å². The molecule has 2 aromatic rings. The zero-order valence-corrected chi connectivity index (χ0v) is 14.8. The van der Waals surface area contributed by atoms with Crippen molar-refractivity contribution in [3.63, 3.8) is 0 Å². The van der Waals surface area contributed by atoms with Crippen LogP contribution in [0.2, 0.25) is 0 Å². The molecule has 2 rings (SSSR count). The molecule has 0 aliphatic rings. The summed E-state index contributed by atoms with van der Waals surface area (Å²) in [5.41, 5.74) is 3.91. The van der Waals surface area contributed by atoms with Crippen LogP contribution in [0.3, 0.4) is 0 Å². The standard InChI is InChI=1S/C20H25N3O2/c1-3-15-6-5-7-17(12-15)23-20(25)11-10-19(24)22-14-18-9-8-16(4-2)13-21-18/h5-9,12-13H,3-4,10-11,14H2,1-2H3,(H,22,24)(H,23,25). The van der Waals surface area contributed by atoms with E-state index in [1.54, 1.807) is 0 Å². The highest BCUT2D eigenvalue weighted by molar-refractivity contribution is 5.93. The fourth-order valence-electron chi connectivity index (χ4n) is 2.37. The van der Waals surface area contributed by atoms with E-state index in [9.17, 15) is 9.59 Å². The maximum absolute atomic E-state index is 12.0. The van der Waals surface area contributed by atoms with Crippen molar-refractivity contribution in [2.45, 2.75) is 46.1 Å². The molecule has 2 amide bonds. The summed E-state index contributed by atoms with van der Waals surface area (Å²) in [6, 6.07) is 11.6. The molecule has 25 heavy (non-hydrogen) atoms. The van der Waals surface area contributed by atoms with Gasteiger partial charge in [-0.2, -0.15) is 0 Å². The Bertz CT molecular complexity index is 711. The summed E-state index contributed by atoms with van der Waals surface area (Å²) in [6.07, 6.45) is 3.99. The van der Waals surface area contributed by atoms with E-state index in [4.69, 9.17) is 0 Å². The highest BCUT2D eigenvalue weighted by Gasteiger charge is 2.08. The molecule has 1 aromatic carbocycles. The van der Waals surface area contributed by atoms with Crippen molar-refractivity contribution >= 4 is 17.5 Å². The molecular weight excluding hydrogens is 314 g/mol. The molecule has 1 heterocycles. The predicted molar refractivity (Wildman–Crippen MR) is 99.1 cm³/mol. The Labute approximate surface area is 148 Å². The average molecular weight is 339 g/mol. The molecule has 2 N–H and O–H groups in total. The molecule has 0 aliphatic heterocycles. The molecule has 0 unspecified atom stereocenters. The number of aryl methyl sites for hydroxylation is 2. The van der Waals surface area contributed by atoms with Crippen LogP contribution in [-0.4, -0.2) is 16.8 Å². The van der Waals surface area contributed by atoms with Gasteiger partial charge in [-0.15, -0.1) is 0 Å². The van der Waals surface area contributed by atoms with E-state index in [2.05, 4.69) is 29.5 Å². The first-order chi connectivity index (χ1) is 12.1. The first-order valence-corrected chi connectivity index (χ1v) is 8.70. The summed E-state index contributed by atoms with van der Waals surface area (Å²) in [5.74, 6) is -0.312. The lowest BCUT2D eigenvalue weighted by molar-refractivity contribution is -0.124. The number of nitrogens with one attached hydrogen (secondary N) is 2. The number of hydrogen-bond donors (Lipinski definition) is 2. The second-order valence-electron chi connectivity index (χ2n) is 5.89. The van der Waals surface area contributed by atoms with Gasteiger partial charge in [0.2, 0.25) is 11.8 Å². The smallest absolute Gasteiger partial charge is 0.224 e. The van der Waals surface area contributed by atoms with Crippen molar-refractivity contribution in [3.05, 3.63) is 59.4 Å². The predicted octanol–water partition coefficient (Wildman–Crippen LogP) is 3.24. The fraction of sp³-hybridized carbons (Fsp3) is 0.350. The van der Waals surface area contributed by atoms with Crippen LogP contribution in [0.15, 0.2) is 42.6 Å². The molecule has 1 aromatic heterocycles. The maximum atomic E-state index is 12.0. The second-order valence-corrected chi connectivity index (χ2v) is 5.89. The lowest BCUT2D eigenvalue weighted by Crippen LogP contribution is -2.24. The van der Waals surface area contributed by atoms with Crippen LogP contribution in [0.25, 0.3) is 0 Å². The average Bonchev–Trinajstić information content (AvgIpc) is 2.65. The summed E-state index contributed by atoms with van der Waals surface area (Å²) in [5, 5.41) is 5.62. The zero-order chi connectivity index (χ0) is 18.1. The van der Waals surface area contributed by atoms with E-state index in [-0.39, 0.29) is 24.7 Å². The molecule has 0 radical (unpaired) electrons. The minimum absolute atomic E-state index is 0.154. The van der Waals surface area contributed by atoms with Crippen molar-refractivity contribution in [1.82, 2.24) is 10.3 Å². The molecule has 0 aliphatic carbocycles. The van der Waals surface area contributed by atoms with Gasteiger partial charge in [-0.05, 0) is 42.2 Å². The van der Waals surface area contributed by atoms with Crippen LogP contribution in [0.1, 0.15) is 43.5 Å². The number of hydrogen-bond acceptors (Lipinski definition) is 3. The molecule has 132 valence electrons. The molecular formula is C20H25N3O2. The van der Waals surface area contributed by atoms with Crippen molar-refractivity contribution < 1.29 is 9.59 Å². The lowest BCUT2D eigenvalue weighted by Gasteiger charge is -2.07. The molecule has 0 fully saturated rings. The van der Waals surface area contributed by atoms with Crippen molar-refractivity contribution in [2.75, 3.05) is 5.32 Å². The van der Waals surface area contributed by atoms with Gasteiger partial charge in [-0.3, -0.25) is 14.6 Å². The molecule has 0 spiro atoms. The van der Waals surface area contributed by atoms with Crippen LogP contribution in [0.5, 0.6) is 0 Å². The van der Waals surface area contributed by atoms with Crippen molar-refractivity contribution in [3.8, 4) is 0 Å². The summed E-state index contributed by atoms with van der Waals surface area (Å²) < 4.78 is 0. The van der Waals surface area contributed by atoms with Crippen molar-refractivity contribution in [1.29, 1.82) is 0 Å². The molecule has 5 nitrogen and oxygen atoms in total. The molecule has 5 heteroatoms. The van der Waals surface area contributed by atoms with Gasteiger partial charge in [-0.1, -0.05) is 32.0 Å². The van der Waals surface area contributed by atoms with E-state index >= 15 is 0 Å². The quantitative estimate of drug-likeness (QED) is 0.775. The Kier molecular flexibility index (Phi) is 7.14. The highest BCUT2D eigenvalue weighted by atomic mass is 16.2. The van der Waals surface area contributed by atoms with Crippen molar-refractivity contribution in [2.24, 2.45) is 0 Å². The third kappa shape index (κ3) is 6.37. The molecule has 0 atom stereocenters. The van der Waals surface area contributed by atoms with Gasteiger partial charge in [-0.25, -0.2) is 0 Å². The van der Waals surface area contributed by atoms with E-state index in [1.165, 1.54) is 5.56 Å². The Morgan fingerprint density at radius 3 is 2.40 bits per heavy atom. The van der Waals surface area contributed by atoms with Crippen LogP contribution >= 0.6 is 0 Å². The maximum Gasteiger partial charge on any atom is 0.224 e. The normalized spacial score (nSPS) is 10.3. The topological polar surface area (TPSA) is 71.1 Å². The number of anilines is 1. The monoisotopic (exact) mass is 339 g/mol. The first-order valence-electron chi connectivity index (χ1n) is 8.70. The minimum atomic E-state index is -0.158. The van der Waals surface area contributed by atoms with E-state index in [0.29, 0.717) is 6.54 Å². The van der Waals surface area contributed by atoms with Crippen LogP contribution < -0.4 is 10.6 Å². The Morgan fingerprint density at radius 2 is 1.72 bits per heavy atom. The second kappa shape index (κ2) is 9.57. The summed E-state index contributed by atoms with van der Waals surface area (Å²) >= 11 is 0. The van der Waals surface area contributed by atoms with Crippen LogP contribution in [-0.2, 0) is 29.0 Å². The van der Waals surface area contributed by atoms with Crippen LogP contribution in [0, 0.1) is 0 Å². The van der Waals surface area contributed by atoms with E-state index < -0.39 is 0 Å². The number of nitrogens with zero attached hydrogens (tertiary/aromatic N) is 1. The highest BCUT2D eigenvalue weighted by Crippen LogP contribution is 2.11. The first kappa shape index (κ1) is 18.6. The molecule has 0 saturated heterocycles. The van der Waals surface area contributed by atoms with Gasteiger partial charge in [0.1, 0.15) is 0 Å². The van der Waals surface area contributed by atoms with E-state index in [0.717, 1.165) is 29.8 Å². The third-order valence-corrected chi connectivity index (χ3v) is 3.96. The third-order valence-electron chi connectivity index (χ3n) is 3.96. The number of pyridine rings is 1. The summed E-state index contributed by atoms with van der Waals surface area (Å²) in [4.78, 5) is 28.1. The number of carbonyl (C=O) groups is 2. The Morgan fingerprint density at radius 1 is 0.960 bits per heavy atom. The number of aromatic nitrogens is 1. The number of carbonyl (C=O) groups excluding carboxylic acids is 2. The molecule has 0 bridgehead atoms.